The van der Waals surface area contributed by atoms with Crippen LogP contribution in [0.5, 0.6) is 0 Å². The van der Waals surface area contributed by atoms with E-state index in [2.05, 4.69) is 33.9 Å². The van der Waals surface area contributed by atoms with E-state index in [1.54, 1.807) is 23.1 Å². The first kappa shape index (κ1) is 26.9. The Kier molecular flexibility index (Phi) is 8.02. The van der Waals surface area contributed by atoms with E-state index in [9.17, 15) is 13.2 Å². The average molecular weight is 560 g/mol. The molecule has 1 saturated heterocycles. The van der Waals surface area contributed by atoms with Crippen LogP contribution in [-0.4, -0.2) is 50.3 Å². The van der Waals surface area contributed by atoms with Gasteiger partial charge in [0, 0.05) is 31.7 Å². The van der Waals surface area contributed by atoms with E-state index in [1.807, 2.05) is 55.5 Å². The highest BCUT2D eigenvalue weighted by molar-refractivity contribution is 7.92. The first-order valence-electron chi connectivity index (χ1n) is 12.8. The van der Waals surface area contributed by atoms with Crippen LogP contribution in [0.3, 0.4) is 0 Å². The van der Waals surface area contributed by atoms with Gasteiger partial charge < -0.3 is 4.90 Å². The molecule has 1 aliphatic heterocycles. The Morgan fingerprint density at radius 3 is 1.95 bits per heavy atom. The number of rotatable bonds is 7. The van der Waals surface area contributed by atoms with Crippen molar-refractivity contribution in [2.75, 3.05) is 30.9 Å². The van der Waals surface area contributed by atoms with Crippen LogP contribution in [-0.2, 0) is 10.0 Å². The van der Waals surface area contributed by atoms with Gasteiger partial charge in [0.1, 0.15) is 4.90 Å². The molecule has 1 N–H and O–H groups in total. The molecule has 0 bridgehead atoms. The summed E-state index contributed by atoms with van der Waals surface area (Å²) in [6.45, 7) is 4.25. The summed E-state index contributed by atoms with van der Waals surface area (Å²) in [7, 11) is -4.00. The largest absolute Gasteiger partial charge is 0.336 e. The van der Waals surface area contributed by atoms with E-state index in [0.29, 0.717) is 37.4 Å². The number of hydrogen-bond acceptors (Lipinski definition) is 4. The molecular formula is C31H30ClN3O3S. The van der Waals surface area contributed by atoms with Crippen molar-refractivity contribution < 1.29 is 13.2 Å². The highest BCUT2D eigenvalue weighted by Crippen LogP contribution is 2.30. The summed E-state index contributed by atoms with van der Waals surface area (Å²) in [5.41, 5.74) is 3.95. The zero-order valence-electron chi connectivity index (χ0n) is 21.6. The Bertz CT molecular complexity index is 1520. The predicted octanol–water partition coefficient (Wildman–Crippen LogP) is 6.00. The molecule has 0 saturated carbocycles. The standard InChI is InChI=1S/C31H30ClN3O3S/c1-23-10-8-9-15-28(23)33-39(37,38)29-22-26(16-17-27(29)32)31(36)35-20-18-34(19-21-35)30(24-11-4-2-5-12-24)25-13-6-3-7-14-25/h2-17,22,30,33H,18-21H2,1H3. The van der Waals surface area contributed by atoms with Crippen LogP contribution in [0.1, 0.15) is 33.1 Å². The summed E-state index contributed by atoms with van der Waals surface area (Å²) in [5.74, 6) is -0.213. The minimum atomic E-state index is -4.00. The van der Waals surface area contributed by atoms with Crippen LogP contribution in [0.4, 0.5) is 5.69 Å². The van der Waals surface area contributed by atoms with Gasteiger partial charge in [0.2, 0.25) is 0 Å². The molecule has 1 fully saturated rings. The van der Waals surface area contributed by atoms with Gasteiger partial charge in [-0.3, -0.25) is 14.4 Å². The third kappa shape index (κ3) is 6.01. The van der Waals surface area contributed by atoms with Gasteiger partial charge in [-0.15, -0.1) is 0 Å². The molecule has 4 aromatic carbocycles. The number of sulfonamides is 1. The van der Waals surface area contributed by atoms with Crippen LogP contribution in [0.15, 0.2) is 108 Å². The quantitative estimate of drug-likeness (QED) is 0.302. The number of para-hydroxylation sites is 1. The number of nitrogens with one attached hydrogen (secondary N) is 1. The van der Waals surface area contributed by atoms with E-state index in [-0.39, 0.29) is 21.9 Å². The summed E-state index contributed by atoms with van der Waals surface area (Å²) < 4.78 is 29.0. The minimum absolute atomic E-state index is 0.0611. The lowest BCUT2D eigenvalue weighted by Gasteiger charge is -2.39. The molecule has 4 aromatic rings. The second-order valence-corrected chi connectivity index (χ2v) is 11.7. The van der Waals surface area contributed by atoms with Crippen molar-refractivity contribution in [3.05, 3.63) is 130 Å². The number of hydrogen-bond donors (Lipinski definition) is 1. The molecule has 200 valence electrons. The Hall–Kier alpha value is -3.65. The van der Waals surface area contributed by atoms with Gasteiger partial charge in [-0.2, -0.15) is 0 Å². The van der Waals surface area contributed by atoms with Gasteiger partial charge in [-0.25, -0.2) is 8.42 Å². The van der Waals surface area contributed by atoms with Gasteiger partial charge in [-0.1, -0.05) is 90.5 Å². The smallest absolute Gasteiger partial charge is 0.263 e. The summed E-state index contributed by atoms with van der Waals surface area (Å²) in [6, 6.07) is 32.4. The maximum absolute atomic E-state index is 13.5. The van der Waals surface area contributed by atoms with Gasteiger partial charge in [0.05, 0.1) is 16.8 Å². The van der Waals surface area contributed by atoms with Crippen molar-refractivity contribution >= 4 is 33.2 Å². The molecule has 0 aromatic heterocycles. The van der Waals surface area contributed by atoms with Crippen molar-refractivity contribution in [3.63, 3.8) is 0 Å². The van der Waals surface area contributed by atoms with E-state index in [1.165, 1.54) is 23.3 Å². The molecule has 0 spiro atoms. The third-order valence-corrected chi connectivity index (χ3v) is 8.90. The average Bonchev–Trinajstić information content (AvgIpc) is 2.96. The Morgan fingerprint density at radius 2 is 1.36 bits per heavy atom. The molecule has 0 unspecified atom stereocenters. The highest BCUT2D eigenvalue weighted by atomic mass is 35.5. The molecule has 0 radical (unpaired) electrons. The fraction of sp³-hybridized carbons (Fsp3) is 0.194. The number of nitrogens with zero attached hydrogens (tertiary/aromatic N) is 2. The lowest BCUT2D eigenvalue weighted by atomic mass is 9.96. The number of anilines is 1. The number of halogens is 1. The third-order valence-electron chi connectivity index (χ3n) is 7.05. The fourth-order valence-electron chi connectivity index (χ4n) is 4.98. The summed E-state index contributed by atoms with van der Waals surface area (Å²) in [6.07, 6.45) is 0. The van der Waals surface area contributed by atoms with Crippen LogP contribution in [0.2, 0.25) is 5.02 Å². The summed E-state index contributed by atoms with van der Waals surface area (Å²) >= 11 is 6.30. The molecule has 0 atom stereocenters. The number of piperazine rings is 1. The van der Waals surface area contributed by atoms with Crippen molar-refractivity contribution in [2.24, 2.45) is 0 Å². The van der Waals surface area contributed by atoms with Gasteiger partial charge in [0.25, 0.3) is 15.9 Å². The van der Waals surface area contributed by atoms with Crippen LogP contribution in [0.25, 0.3) is 0 Å². The van der Waals surface area contributed by atoms with Crippen LogP contribution in [0, 0.1) is 6.92 Å². The molecule has 5 rings (SSSR count). The molecule has 6 nitrogen and oxygen atoms in total. The highest BCUT2D eigenvalue weighted by Gasteiger charge is 2.29. The SMILES string of the molecule is Cc1ccccc1NS(=O)(=O)c1cc(C(=O)N2CCN(C(c3ccccc3)c3ccccc3)CC2)ccc1Cl. The fourth-order valence-corrected chi connectivity index (χ4v) is 6.64. The first-order valence-corrected chi connectivity index (χ1v) is 14.7. The second-order valence-electron chi connectivity index (χ2n) is 9.62. The zero-order valence-corrected chi connectivity index (χ0v) is 23.2. The molecule has 1 aliphatic rings. The number of amides is 1. The molecule has 1 amide bonds. The van der Waals surface area contributed by atoms with Crippen LogP contribution >= 0.6 is 11.6 Å². The lowest BCUT2D eigenvalue weighted by molar-refractivity contribution is 0.0597. The Morgan fingerprint density at radius 1 is 0.795 bits per heavy atom. The molecular weight excluding hydrogens is 530 g/mol. The lowest BCUT2D eigenvalue weighted by Crippen LogP contribution is -2.49. The second kappa shape index (κ2) is 11.6. The van der Waals surface area contributed by atoms with Crippen LogP contribution < -0.4 is 4.72 Å². The molecule has 1 heterocycles. The van der Waals surface area contributed by atoms with Crippen molar-refractivity contribution in [1.82, 2.24) is 9.80 Å². The Labute approximate surface area is 234 Å². The normalized spacial score (nSPS) is 14.4. The minimum Gasteiger partial charge on any atom is -0.336 e. The summed E-state index contributed by atoms with van der Waals surface area (Å²) in [5, 5.41) is 0.0611. The van der Waals surface area contributed by atoms with E-state index in [0.717, 1.165) is 5.56 Å². The topological polar surface area (TPSA) is 69.7 Å². The molecule has 8 heteroatoms. The first-order chi connectivity index (χ1) is 18.8. The van der Waals surface area contributed by atoms with Crippen molar-refractivity contribution in [2.45, 2.75) is 17.9 Å². The van der Waals surface area contributed by atoms with E-state index in [4.69, 9.17) is 11.6 Å². The maximum atomic E-state index is 13.5. The van der Waals surface area contributed by atoms with E-state index < -0.39 is 10.0 Å². The van der Waals surface area contributed by atoms with Gasteiger partial charge in [-0.05, 0) is 47.9 Å². The monoisotopic (exact) mass is 559 g/mol. The van der Waals surface area contributed by atoms with Gasteiger partial charge >= 0.3 is 0 Å². The van der Waals surface area contributed by atoms with Crippen molar-refractivity contribution in [1.29, 1.82) is 0 Å². The van der Waals surface area contributed by atoms with Gasteiger partial charge in [0.15, 0.2) is 0 Å². The molecule has 0 aliphatic carbocycles. The number of benzene rings is 4. The summed E-state index contributed by atoms with van der Waals surface area (Å²) in [4.78, 5) is 17.5. The molecule has 39 heavy (non-hydrogen) atoms. The maximum Gasteiger partial charge on any atom is 0.263 e. The van der Waals surface area contributed by atoms with Crippen molar-refractivity contribution in [3.8, 4) is 0 Å². The zero-order chi connectivity index (χ0) is 27.4. The number of carbonyl (C=O) groups excluding carboxylic acids is 1. The predicted molar refractivity (Wildman–Crippen MR) is 156 cm³/mol. The number of carbonyl (C=O) groups is 1. The van der Waals surface area contributed by atoms with E-state index >= 15 is 0 Å². The Balaban J connectivity index is 1.33. The number of aryl methyl sites for hydroxylation is 1.